The van der Waals surface area contributed by atoms with Crippen LogP contribution >= 0.6 is 15.9 Å². The maximum Gasteiger partial charge on any atom is 0.0961 e. The third kappa shape index (κ3) is 2.20. The molecule has 0 spiro atoms. The summed E-state index contributed by atoms with van der Waals surface area (Å²) in [5.41, 5.74) is 12.6. The quantitative estimate of drug-likeness (QED) is 0.721. The molecular formula is C16H16BrN3. The first-order valence-corrected chi connectivity index (χ1v) is 7.30. The first kappa shape index (κ1) is 13.2. The zero-order valence-electron chi connectivity index (χ0n) is 11.5. The van der Waals surface area contributed by atoms with Gasteiger partial charge in [-0.15, -0.1) is 0 Å². The fourth-order valence-corrected chi connectivity index (χ4v) is 2.73. The Morgan fingerprint density at radius 3 is 2.75 bits per heavy atom. The van der Waals surface area contributed by atoms with Gasteiger partial charge in [0.2, 0.25) is 0 Å². The Kier molecular flexibility index (Phi) is 3.26. The van der Waals surface area contributed by atoms with Gasteiger partial charge >= 0.3 is 0 Å². The third-order valence-electron chi connectivity index (χ3n) is 3.69. The summed E-state index contributed by atoms with van der Waals surface area (Å²) in [6.07, 6.45) is 1.89. The number of aryl methyl sites for hydroxylation is 2. The van der Waals surface area contributed by atoms with Gasteiger partial charge < -0.3 is 10.3 Å². The van der Waals surface area contributed by atoms with Crippen molar-refractivity contribution in [2.24, 2.45) is 0 Å². The van der Waals surface area contributed by atoms with E-state index in [1.54, 1.807) is 0 Å². The number of hydrogen-bond acceptors (Lipinski definition) is 2. The minimum Gasteiger partial charge on any atom is -0.398 e. The molecule has 0 fully saturated rings. The van der Waals surface area contributed by atoms with Crippen molar-refractivity contribution < 1.29 is 0 Å². The van der Waals surface area contributed by atoms with Crippen LogP contribution in [0.2, 0.25) is 0 Å². The van der Waals surface area contributed by atoms with Gasteiger partial charge in [-0.25, -0.2) is 4.98 Å². The minimum atomic E-state index is 0.755. The second-order valence-electron chi connectivity index (χ2n) is 5.12. The van der Waals surface area contributed by atoms with Crippen LogP contribution in [0.3, 0.4) is 0 Å². The zero-order valence-corrected chi connectivity index (χ0v) is 13.1. The van der Waals surface area contributed by atoms with E-state index >= 15 is 0 Å². The molecule has 0 unspecified atom stereocenters. The Labute approximate surface area is 126 Å². The fourth-order valence-electron chi connectivity index (χ4n) is 2.34. The van der Waals surface area contributed by atoms with E-state index in [-0.39, 0.29) is 0 Å². The minimum absolute atomic E-state index is 0.755. The number of nitrogens with two attached hydrogens (primary N) is 1. The van der Waals surface area contributed by atoms with Crippen LogP contribution in [-0.4, -0.2) is 9.55 Å². The molecule has 0 saturated heterocycles. The molecule has 1 aromatic heterocycles. The summed E-state index contributed by atoms with van der Waals surface area (Å²) >= 11 is 3.56. The smallest absolute Gasteiger partial charge is 0.0961 e. The number of nitrogen functional groups attached to an aromatic ring is 1. The third-order valence-corrected chi connectivity index (χ3v) is 4.65. The highest BCUT2D eigenvalue weighted by atomic mass is 79.9. The van der Waals surface area contributed by atoms with Crippen LogP contribution in [0.4, 0.5) is 5.69 Å². The highest BCUT2D eigenvalue weighted by Crippen LogP contribution is 2.26. The number of aromatic nitrogens is 2. The Bertz CT molecular complexity index is 790. The van der Waals surface area contributed by atoms with Crippen LogP contribution < -0.4 is 5.73 Å². The van der Waals surface area contributed by atoms with E-state index in [1.165, 1.54) is 11.1 Å². The van der Waals surface area contributed by atoms with Gasteiger partial charge in [0, 0.05) is 10.2 Å². The SMILES string of the molecule is Cc1cc2ncn(Cc3cccc(N)c3Br)c2cc1C. The van der Waals surface area contributed by atoms with Crippen molar-refractivity contribution in [3.63, 3.8) is 0 Å². The molecule has 0 aliphatic carbocycles. The van der Waals surface area contributed by atoms with Crippen molar-refractivity contribution in [2.75, 3.05) is 5.73 Å². The Hall–Kier alpha value is -1.81. The predicted octanol–water partition coefficient (Wildman–Crippen LogP) is 4.05. The molecule has 0 aliphatic rings. The molecule has 1 heterocycles. The van der Waals surface area contributed by atoms with Gasteiger partial charge in [0.05, 0.1) is 23.9 Å². The van der Waals surface area contributed by atoms with Gasteiger partial charge in [-0.05, 0) is 64.7 Å². The van der Waals surface area contributed by atoms with Crippen LogP contribution in [-0.2, 0) is 6.54 Å². The number of benzene rings is 2. The van der Waals surface area contributed by atoms with Gasteiger partial charge in [-0.2, -0.15) is 0 Å². The lowest BCUT2D eigenvalue weighted by molar-refractivity contribution is 0.821. The van der Waals surface area contributed by atoms with Gasteiger partial charge in [0.1, 0.15) is 0 Å². The number of fused-ring (bicyclic) bond motifs is 1. The molecule has 0 aliphatic heterocycles. The first-order chi connectivity index (χ1) is 9.56. The van der Waals surface area contributed by atoms with Gasteiger partial charge in [-0.3, -0.25) is 0 Å². The molecule has 20 heavy (non-hydrogen) atoms. The van der Waals surface area contributed by atoms with E-state index < -0.39 is 0 Å². The van der Waals surface area contributed by atoms with Crippen LogP contribution in [0, 0.1) is 13.8 Å². The molecular weight excluding hydrogens is 314 g/mol. The summed E-state index contributed by atoms with van der Waals surface area (Å²) in [5, 5.41) is 0. The number of halogens is 1. The Morgan fingerprint density at radius 1 is 1.20 bits per heavy atom. The number of imidazole rings is 1. The van der Waals surface area contributed by atoms with Crippen LogP contribution in [0.5, 0.6) is 0 Å². The molecule has 2 N–H and O–H groups in total. The Morgan fingerprint density at radius 2 is 1.95 bits per heavy atom. The molecule has 0 saturated carbocycles. The first-order valence-electron chi connectivity index (χ1n) is 6.51. The van der Waals surface area contributed by atoms with Gasteiger partial charge in [0.25, 0.3) is 0 Å². The number of nitrogens with zero attached hydrogens (tertiary/aromatic N) is 2. The van der Waals surface area contributed by atoms with E-state index in [0.29, 0.717) is 0 Å². The second-order valence-corrected chi connectivity index (χ2v) is 5.91. The van der Waals surface area contributed by atoms with E-state index in [0.717, 1.165) is 33.3 Å². The summed E-state index contributed by atoms with van der Waals surface area (Å²) in [4.78, 5) is 4.49. The largest absolute Gasteiger partial charge is 0.398 e. The molecule has 0 atom stereocenters. The van der Waals surface area contributed by atoms with Crippen LogP contribution in [0.15, 0.2) is 41.1 Å². The highest BCUT2D eigenvalue weighted by molar-refractivity contribution is 9.10. The molecule has 3 nitrogen and oxygen atoms in total. The maximum absolute atomic E-state index is 5.93. The summed E-state index contributed by atoms with van der Waals surface area (Å²) in [6.45, 7) is 5.00. The van der Waals surface area contributed by atoms with Crippen molar-refractivity contribution in [3.05, 3.63) is 57.8 Å². The average molecular weight is 330 g/mol. The van der Waals surface area contributed by atoms with Gasteiger partial charge in [-0.1, -0.05) is 12.1 Å². The van der Waals surface area contributed by atoms with Crippen LogP contribution in [0.1, 0.15) is 16.7 Å². The lowest BCUT2D eigenvalue weighted by Crippen LogP contribution is -2.01. The predicted molar refractivity (Wildman–Crippen MR) is 86.9 cm³/mol. The van der Waals surface area contributed by atoms with Crippen molar-refractivity contribution in [2.45, 2.75) is 20.4 Å². The molecule has 0 amide bonds. The average Bonchev–Trinajstić information content (AvgIpc) is 2.78. The molecule has 3 rings (SSSR count). The van der Waals surface area contributed by atoms with Crippen molar-refractivity contribution in [3.8, 4) is 0 Å². The monoisotopic (exact) mass is 329 g/mol. The molecule has 2 aromatic carbocycles. The van der Waals surface area contributed by atoms with E-state index in [1.807, 2.05) is 18.5 Å². The molecule has 102 valence electrons. The summed E-state index contributed by atoms with van der Waals surface area (Å²) in [5.74, 6) is 0. The zero-order chi connectivity index (χ0) is 14.3. The molecule has 0 bridgehead atoms. The standard InChI is InChI=1S/C16H16BrN3/c1-10-6-14-15(7-11(10)2)20(9-19-14)8-12-4-3-5-13(18)16(12)17/h3-7,9H,8,18H2,1-2H3. The molecule has 4 heteroatoms. The van der Waals surface area contributed by atoms with Crippen molar-refractivity contribution in [1.82, 2.24) is 9.55 Å². The lowest BCUT2D eigenvalue weighted by Gasteiger charge is -2.09. The highest BCUT2D eigenvalue weighted by Gasteiger charge is 2.08. The van der Waals surface area contributed by atoms with Crippen molar-refractivity contribution in [1.29, 1.82) is 0 Å². The second kappa shape index (κ2) is 4.94. The van der Waals surface area contributed by atoms with E-state index in [4.69, 9.17) is 5.73 Å². The summed E-state index contributed by atoms with van der Waals surface area (Å²) < 4.78 is 3.12. The number of anilines is 1. The normalized spacial score (nSPS) is 11.2. The summed E-state index contributed by atoms with van der Waals surface area (Å²) in [6, 6.07) is 10.3. The lowest BCUT2D eigenvalue weighted by atomic mass is 10.1. The topological polar surface area (TPSA) is 43.8 Å². The van der Waals surface area contributed by atoms with Crippen LogP contribution in [0.25, 0.3) is 11.0 Å². The maximum atomic E-state index is 5.93. The van der Waals surface area contributed by atoms with Gasteiger partial charge in [0.15, 0.2) is 0 Å². The fraction of sp³-hybridized carbons (Fsp3) is 0.188. The van der Waals surface area contributed by atoms with Crippen molar-refractivity contribution >= 4 is 32.7 Å². The van der Waals surface area contributed by atoms with E-state index in [2.05, 4.69) is 57.5 Å². The number of hydrogen-bond donors (Lipinski definition) is 1. The summed E-state index contributed by atoms with van der Waals surface area (Å²) in [7, 11) is 0. The van der Waals surface area contributed by atoms with E-state index in [9.17, 15) is 0 Å². The Balaban J connectivity index is 2.07. The number of rotatable bonds is 2. The molecule has 0 radical (unpaired) electrons. The molecule has 3 aromatic rings.